The van der Waals surface area contributed by atoms with E-state index < -0.39 is 0 Å². The van der Waals surface area contributed by atoms with Crippen LogP contribution in [0.3, 0.4) is 0 Å². The van der Waals surface area contributed by atoms with Crippen LogP contribution in [-0.2, 0) is 12.8 Å². The fourth-order valence-electron chi connectivity index (χ4n) is 3.21. The molecule has 6 nitrogen and oxygen atoms in total. The predicted molar refractivity (Wildman–Crippen MR) is 97.0 cm³/mol. The lowest BCUT2D eigenvalue weighted by atomic mass is 10.00. The molecule has 1 aliphatic rings. The van der Waals surface area contributed by atoms with Crippen LogP contribution in [0.4, 0.5) is 5.69 Å². The quantitative estimate of drug-likeness (QED) is 0.668. The van der Waals surface area contributed by atoms with Crippen molar-refractivity contribution in [3.8, 4) is 0 Å². The minimum atomic E-state index is -0.223. The molecule has 0 aliphatic carbocycles. The number of hydrogen-bond donors (Lipinski definition) is 3. The Morgan fingerprint density at radius 2 is 1.92 bits per heavy atom. The number of amides is 1. The zero-order valence-electron chi connectivity index (χ0n) is 13.6. The molecule has 1 aromatic heterocycles. The maximum Gasteiger partial charge on any atom is 0.258 e. The molecule has 3 aromatic rings. The van der Waals surface area contributed by atoms with Crippen LogP contribution >= 0.6 is 0 Å². The molecule has 0 unspecified atom stereocenters. The summed E-state index contributed by atoms with van der Waals surface area (Å²) in [5, 5.41) is 6.70. The van der Waals surface area contributed by atoms with Gasteiger partial charge in [0.1, 0.15) is 5.52 Å². The van der Waals surface area contributed by atoms with Crippen molar-refractivity contribution in [1.82, 2.24) is 15.3 Å². The topological polar surface area (TPSA) is 86.9 Å². The Balaban J connectivity index is 1.66. The number of hydrogen-bond acceptors (Lipinski definition) is 4. The number of aromatic amines is 1. The average Bonchev–Trinajstić information content (AvgIpc) is 2.87. The monoisotopic (exact) mass is 334 g/mol. The van der Waals surface area contributed by atoms with Crippen molar-refractivity contribution in [2.75, 3.05) is 18.4 Å². The van der Waals surface area contributed by atoms with E-state index in [9.17, 15) is 9.59 Å². The molecule has 126 valence electrons. The van der Waals surface area contributed by atoms with E-state index in [2.05, 4.69) is 20.6 Å². The highest BCUT2D eigenvalue weighted by Gasteiger charge is 2.13. The van der Waals surface area contributed by atoms with E-state index in [0.29, 0.717) is 22.2 Å². The van der Waals surface area contributed by atoms with Crippen LogP contribution < -0.4 is 16.2 Å². The first-order valence-corrected chi connectivity index (χ1v) is 8.32. The normalized spacial score (nSPS) is 13.9. The number of benzene rings is 2. The van der Waals surface area contributed by atoms with Crippen molar-refractivity contribution in [2.45, 2.75) is 12.8 Å². The fraction of sp³-hybridized carbons (Fsp3) is 0.211. The number of carbonyl (C=O) groups is 1. The molecule has 2 heterocycles. The summed E-state index contributed by atoms with van der Waals surface area (Å²) in [4.78, 5) is 31.3. The number of aromatic nitrogens is 2. The number of para-hydroxylation sites is 1. The van der Waals surface area contributed by atoms with Crippen LogP contribution in [0.15, 0.2) is 47.5 Å². The third-order valence-electron chi connectivity index (χ3n) is 4.53. The van der Waals surface area contributed by atoms with Crippen molar-refractivity contribution in [3.63, 3.8) is 0 Å². The summed E-state index contributed by atoms with van der Waals surface area (Å²) in [6.07, 6.45) is 3.24. The summed E-state index contributed by atoms with van der Waals surface area (Å²) >= 11 is 0. The van der Waals surface area contributed by atoms with Gasteiger partial charge >= 0.3 is 0 Å². The van der Waals surface area contributed by atoms with Gasteiger partial charge in [-0.1, -0.05) is 12.1 Å². The number of nitrogens with zero attached hydrogens (tertiary/aromatic N) is 1. The van der Waals surface area contributed by atoms with Gasteiger partial charge in [0.15, 0.2) is 0 Å². The number of H-pyrrole nitrogens is 1. The molecule has 0 bridgehead atoms. The smallest absolute Gasteiger partial charge is 0.258 e. The number of nitrogens with one attached hydrogen (secondary N) is 3. The van der Waals surface area contributed by atoms with Crippen molar-refractivity contribution in [1.29, 1.82) is 0 Å². The lowest BCUT2D eigenvalue weighted by Gasteiger charge is -2.10. The lowest BCUT2D eigenvalue weighted by molar-refractivity contribution is 0.102. The van der Waals surface area contributed by atoms with E-state index in [4.69, 9.17) is 0 Å². The van der Waals surface area contributed by atoms with Crippen molar-refractivity contribution >= 4 is 22.5 Å². The summed E-state index contributed by atoms with van der Waals surface area (Å²) in [5.74, 6) is -0.199. The first kappa shape index (κ1) is 15.5. The summed E-state index contributed by atoms with van der Waals surface area (Å²) in [6, 6.07) is 11.0. The molecule has 4 rings (SSSR count). The van der Waals surface area contributed by atoms with Gasteiger partial charge in [-0.15, -0.1) is 0 Å². The molecular formula is C19H18N4O2. The van der Waals surface area contributed by atoms with Crippen LogP contribution in [0.25, 0.3) is 10.9 Å². The number of anilines is 1. The molecule has 3 N–H and O–H groups in total. The highest BCUT2D eigenvalue weighted by molar-refractivity contribution is 6.08. The molecule has 2 aromatic carbocycles. The largest absolute Gasteiger partial charge is 0.320 e. The van der Waals surface area contributed by atoms with Crippen molar-refractivity contribution in [2.24, 2.45) is 0 Å². The lowest BCUT2D eigenvalue weighted by Crippen LogP contribution is -2.16. The first-order valence-electron chi connectivity index (χ1n) is 8.32. The van der Waals surface area contributed by atoms with E-state index in [1.54, 1.807) is 18.2 Å². The van der Waals surface area contributed by atoms with E-state index in [0.717, 1.165) is 25.9 Å². The number of carbonyl (C=O) groups excluding carboxylic acids is 1. The molecule has 0 saturated heterocycles. The summed E-state index contributed by atoms with van der Waals surface area (Å²) in [6.45, 7) is 1.89. The SMILES string of the molecule is O=C(Nc1cccc2c(=O)[nH]cnc12)c1ccc2c(c1)CCNCC2. The van der Waals surface area contributed by atoms with E-state index in [1.807, 2.05) is 18.2 Å². The van der Waals surface area contributed by atoms with Crippen LogP contribution in [0, 0.1) is 0 Å². The minimum Gasteiger partial charge on any atom is -0.320 e. The van der Waals surface area contributed by atoms with Gasteiger partial charge in [-0.3, -0.25) is 9.59 Å². The third kappa shape index (κ3) is 3.04. The Kier molecular flexibility index (Phi) is 4.03. The van der Waals surface area contributed by atoms with E-state index >= 15 is 0 Å². The maximum absolute atomic E-state index is 12.7. The van der Waals surface area contributed by atoms with Gasteiger partial charge in [0, 0.05) is 5.56 Å². The van der Waals surface area contributed by atoms with Crippen molar-refractivity contribution < 1.29 is 4.79 Å². The predicted octanol–water partition coefficient (Wildman–Crippen LogP) is 1.86. The summed E-state index contributed by atoms with van der Waals surface area (Å²) < 4.78 is 0. The fourth-order valence-corrected chi connectivity index (χ4v) is 3.21. The highest BCUT2D eigenvalue weighted by atomic mass is 16.1. The molecule has 1 amide bonds. The molecule has 1 aliphatic heterocycles. The Hall–Kier alpha value is -2.99. The maximum atomic E-state index is 12.7. The molecular weight excluding hydrogens is 316 g/mol. The number of fused-ring (bicyclic) bond motifs is 2. The van der Waals surface area contributed by atoms with Gasteiger partial charge in [0.2, 0.25) is 0 Å². The van der Waals surface area contributed by atoms with Crippen LogP contribution in [0.1, 0.15) is 21.5 Å². The Morgan fingerprint density at radius 1 is 1.08 bits per heavy atom. The molecule has 0 saturated carbocycles. The van der Waals surface area contributed by atoms with Gasteiger partial charge < -0.3 is 15.6 Å². The second kappa shape index (κ2) is 6.49. The van der Waals surface area contributed by atoms with Gasteiger partial charge in [-0.05, 0) is 61.3 Å². The zero-order chi connectivity index (χ0) is 17.2. The zero-order valence-corrected chi connectivity index (χ0v) is 13.6. The van der Waals surface area contributed by atoms with E-state index in [1.165, 1.54) is 17.5 Å². The standard InChI is InChI=1S/C19H18N4O2/c24-18(14-5-4-12-6-8-20-9-7-13(12)10-14)23-16-3-1-2-15-17(16)21-11-22-19(15)25/h1-5,10-11,20H,6-9H2,(H,23,24)(H,21,22,25). The Labute approximate surface area is 144 Å². The average molecular weight is 334 g/mol. The highest BCUT2D eigenvalue weighted by Crippen LogP contribution is 2.20. The van der Waals surface area contributed by atoms with Gasteiger partial charge in [0.05, 0.1) is 17.4 Å². The second-order valence-electron chi connectivity index (χ2n) is 6.12. The van der Waals surface area contributed by atoms with Crippen LogP contribution in [0.2, 0.25) is 0 Å². The second-order valence-corrected chi connectivity index (χ2v) is 6.12. The van der Waals surface area contributed by atoms with Crippen molar-refractivity contribution in [3.05, 3.63) is 69.8 Å². The van der Waals surface area contributed by atoms with Gasteiger partial charge in [0.25, 0.3) is 11.5 Å². The Bertz CT molecular complexity index is 1010. The minimum absolute atomic E-state index is 0.199. The molecule has 6 heteroatoms. The van der Waals surface area contributed by atoms with Gasteiger partial charge in [-0.2, -0.15) is 0 Å². The van der Waals surface area contributed by atoms with Crippen LogP contribution in [-0.4, -0.2) is 29.0 Å². The molecule has 0 atom stereocenters. The first-order chi connectivity index (χ1) is 12.2. The molecule has 0 radical (unpaired) electrons. The number of rotatable bonds is 2. The molecule has 0 spiro atoms. The summed E-state index contributed by atoms with van der Waals surface area (Å²) in [5.41, 5.74) is 3.91. The van der Waals surface area contributed by atoms with Gasteiger partial charge in [-0.25, -0.2) is 4.98 Å². The van der Waals surface area contributed by atoms with E-state index in [-0.39, 0.29) is 11.5 Å². The molecule has 0 fully saturated rings. The van der Waals surface area contributed by atoms with Crippen LogP contribution in [0.5, 0.6) is 0 Å². The third-order valence-corrected chi connectivity index (χ3v) is 4.53. The Morgan fingerprint density at radius 3 is 2.80 bits per heavy atom. The molecule has 25 heavy (non-hydrogen) atoms. The summed E-state index contributed by atoms with van der Waals surface area (Å²) in [7, 11) is 0.